The summed E-state index contributed by atoms with van der Waals surface area (Å²) in [4.78, 5) is 35.2. The zero-order valence-corrected chi connectivity index (χ0v) is 19.5. The Morgan fingerprint density at radius 2 is 1.64 bits per heavy atom. The molecule has 1 fully saturated rings. The summed E-state index contributed by atoms with van der Waals surface area (Å²) in [6.07, 6.45) is 0. The number of amides is 1. The maximum absolute atomic E-state index is 13.6. The predicted octanol–water partition coefficient (Wildman–Crippen LogP) is 5.77. The molecule has 2 aliphatic rings. The number of carbonyl (C=O) groups excluding carboxylic acids is 2. The van der Waals surface area contributed by atoms with Gasteiger partial charge < -0.3 is 10.0 Å². The van der Waals surface area contributed by atoms with Crippen LogP contribution >= 0.6 is 23.5 Å². The fraction of sp³-hybridized carbons (Fsp3) is 0.0800. The van der Waals surface area contributed by atoms with Gasteiger partial charge in [-0.15, -0.1) is 0 Å². The fourth-order valence-corrected chi connectivity index (χ4v) is 5.93. The molecule has 33 heavy (non-hydrogen) atoms. The van der Waals surface area contributed by atoms with Gasteiger partial charge in [-0.25, -0.2) is 4.99 Å². The number of carbonyl (C=O) groups is 2. The van der Waals surface area contributed by atoms with Crippen LogP contribution in [0.3, 0.4) is 0 Å². The average Bonchev–Trinajstić information content (AvgIpc) is 3.31. The largest absolute Gasteiger partial charge is 0.508 e. The van der Waals surface area contributed by atoms with E-state index in [4.69, 9.17) is 4.99 Å². The molecule has 1 saturated heterocycles. The first-order valence-electron chi connectivity index (χ1n) is 10.2. The molecule has 1 N–H and O–H groups in total. The Balaban J connectivity index is 1.59. The molecule has 164 valence electrons. The van der Waals surface area contributed by atoms with Gasteiger partial charge in [-0.05, 0) is 79.3 Å². The molecule has 2 aliphatic heterocycles. The van der Waals surface area contributed by atoms with E-state index in [1.165, 1.54) is 18.7 Å². The van der Waals surface area contributed by atoms with Crippen molar-refractivity contribution < 1.29 is 14.7 Å². The number of Topliss-reactive ketones (excluding diaryl/α,β-unsaturated/α-hetero) is 1. The molecular formula is C25H19N3O3S2. The normalized spacial score (nSPS) is 18.8. The third kappa shape index (κ3) is 3.92. The number of phenolic OH excluding ortho intramolecular Hbond substituents is 1. The number of aliphatic imine (C=N–C) groups is 1. The van der Waals surface area contributed by atoms with Gasteiger partial charge in [-0.3, -0.25) is 14.5 Å². The lowest BCUT2D eigenvalue weighted by atomic mass is 10.1. The summed E-state index contributed by atoms with van der Waals surface area (Å²) in [5.41, 5.74) is 2.91. The average molecular weight is 474 g/mol. The molecule has 0 saturated carbocycles. The van der Waals surface area contributed by atoms with Crippen molar-refractivity contribution in [1.82, 2.24) is 0 Å². The van der Waals surface area contributed by atoms with Gasteiger partial charge in [0.25, 0.3) is 5.91 Å². The van der Waals surface area contributed by atoms with Crippen molar-refractivity contribution in [3.63, 3.8) is 0 Å². The Morgan fingerprint density at radius 3 is 2.30 bits per heavy atom. The molecule has 0 aromatic heterocycles. The topological polar surface area (TPSA) is 73.2 Å². The van der Waals surface area contributed by atoms with Gasteiger partial charge in [0.05, 0.1) is 22.1 Å². The number of hydrogen-bond acceptors (Lipinski definition) is 7. The molecule has 0 unspecified atom stereocenters. The maximum Gasteiger partial charge on any atom is 0.274 e. The van der Waals surface area contributed by atoms with E-state index >= 15 is 0 Å². The highest BCUT2D eigenvalue weighted by atomic mass is 32.2. The molecule has 3 aromatic rings. The van der Waals surface area contributed by atoms with Crippen molar-refractivity contribution in [3.8, 4) is 5.75 Å². The third-order valence-corrected chi connectivity index (χ3v) is 7.71. The number of phenols is 1. The van der Waals surface area contributed by atoms with Gasteiger partial charge in [0.2, 0.25) is 0 Å². The van der Waals surface area contributed by atoms with Crippen LogP contribution < -0.4 is 9.80 Å². The smallest absolute Gasteiger partial charge is 0.274 e. The highest BCUT2D eigenvalue weighted by molar-refractivity contribution is 8.20. The highest BCUT2D eigenvalue weighted by Gasteiger charge is 2.40. The van der Waals surface area contributed by atoms with E-state index in [-0.39, 0.29) is 17.4 Å². The Bertz CT molecular complexity index is 1330. The van der Waals surface area contributed by atoms with E-state index in [1.807, 2.05) is 36.2 Å². The van der Waals surface area contributed by atoms with Crippen LogP contribution in [-0.2, 0) is 4.79 Å². The molecule has 6 nitrogen and oxygen atoms in total. The molecule has 0 spiro atoms. The first-order chi connectivity index (χ1) is 15.9. The summed E-state index contributed by atoms with van der Waals surface area (Å²) < 4.78 is 0. The van der Waals surface area contributed by atoms with Crippen molar-refractivity contribution in [2.45, 2.75) is 11.8 Å². The molecule has 3 aromatic carbocycles. The summed E-state index contributed by atoms with van der Waals surface area (Å²) in [6.45, 7) is 1.52. The predicted molar refractivity (Wildman–Crippen MR) is 134 cm³/mol. The number of hydrogen-bond donors (Lipinski definition) is 1. The Hall–Kier alpha value is -3.49. The standard InChI is InChI=1S/C25H19N3O3S2/c1-15(29)16-7-9-17(10-8-16)26-25-28(18-11-13-19(30)14-12-18)23(31)22(33-25)24-27(2)20-5-3-4-6-21(20)32-24/h3-14,30H,1-2H3/b24-22-,26-25?. The maximum atomic E-state index is 13.6. The first-order valence-corrected chi connectivity index (χ1v) is 11.8. The summed E-state index contributed by atoms with van der Waals surface area (Å²) in [7, 11) is 1.95. The zero-order valence-electron chi connectivity index (χ0n) is 17.9. The van der Waals surface area contributed by atoms with Crippen molar-refractivity contribution >= 4 is 57.4 Å². The van der Waals surface area contributed by atoms with Crippen molar-refractivity contribution in [2.24, 2.45) is 4.99 Å². The van der Waals surface area contributed by atoms with Gasteiger partial charge in [-0.1, -0.05) is 23.9 Å². The molecule has 0 aliphatic carbocycles. The molecule has 8 heteroatoms. The number of nitrogens with zero attached hydrogens (tertiary/aromatic N) is 3. The highest BCUT2D eigenvalue weighted by Crippen LogP contribution is 2.50. The van der Waals surface area contributed by atoms with Crippen LogP contribution in [0.25, 0.3) is 0 Å². The molecule has 0 radical (unpaired) electrons. The molecule has 5 rings (SSSR count). The molecular weight excluding hydrogens is 454 g/mol. The van der Waals surface area contributed by atoms with Gasteiger partial charge in [0, 0.05) is 17.5 Å². The van der Waals surface area contributed by atoms with E-state index in [9.17, 15) is 14.7 Å². The Kier molecular flexibility index (Phi) is 5.47. The minimum absolute atomic E-state index is 0.0155. The summed E-state index contributed by atoms with van der Waals surface area (Å²) in [6, 6.07) is 21.5. The fourth-order valence-electron chi connectivity index (χ4n) is 3.59. The number of thioether (sulfide) groups is 2. The Morgan fingerprint density at radius 1 is 0.939 bits per heavy atom. The second-order valence-electron chi connectivity index (χ2n) is 7.52. The summed E-state index contributed by atoms with van der Waals surface area (Å²) >= 11 is 2.88. The monoisotopic (exact) mass is 473 g/mol. The lowest BCUT2D eigenvalue weighted by molar-refractivity contribution is -0.113. The van der Waals surface area contributed by atoms with Crippen LogP contribution in [0.5, 0.6) is 5.75 Å². The number of ketones is 1. The number of rotatable bonds is 3. The number of aromatic hydroxyl groups is 1. The van der Waals surface area contributed by atoms with Gasteiger partial charge in [0.1, 0.15) is 10.7 Å². The molecule has 1 amide bonds. The number of amidine groups is 1. The molecule has 2 heterocycles. The van der Waals surface area contributed by atoms with E-state index in [2.05, 4.69) is 0 Å². The summed E-state index contributed by atoms with van der Waals surface area (Å²) in [5, 5.41) is 11.1. The van der Waals surface area contributed by atoms with Gasteiger partial charge in [-0.2, -0.15) is 0 Å². The molecule has 0 atom stereocenters. The van der Waals surface area contributed by atoms with E-state index < -0.39 is 0 Å². The van der Waals surface area contributed by atoms with Crippen LogP contribution in [0, 0.1) is 0 Å². The van der Waals surface area contributed by atoms with Crippen LogP contribution in [0.1, 0.15) is 17.3 Å². The van der Waals surface area contributed by atoms with Gasteiger partial charge >= 0.3 is 0 Å². The van der Waals surface area contributed by atoms with Crippen molar-refractivity contribution in [3.05, 3.63) is 88.3 Å². The Labute approximate surface area is 199 Å². The SMILES string of the molecule is CC(=O)c1ccc(N=C2S/C(=C3\Sc4ccccc4N3C)C(=O)N2c2ccc(O)cc2)cc1. The van der Waals surface area contributed by atoms with Crippen LogP contribution in [0.15, 0.2) is 92.6 Å². The van der Waals surface area contributed by atoms with Crippen LogP contribution in [0.4, 0.5) is 17.1 Å². The number of anilines is 2. The minimum Gasteiger partial charge on any atom is -0.508 e. The number of benzene rings is 3. The van der Waals surface area contributed by atoms with Crippen molar-refractivity contribution in [2.75, 3.05) is 16.8 Å². The van der Waals surface area contributed by atoms with Crippen molar-refractivity contribution in [1.29, 1.82) is 0 Å². The second-order valence-corrected chi connectivity index (χ2v) is 9.53. The first kappa shape index (κ1) is 21.4. The zero-order chi connectivity index (χ0) is 23.1. The summed E-state index contributed by atoms with van der Waals surface area (Å²) in [5.74, 6) is -0.0679. The second kappa shape index (κ2) is 8.46. The van der Waals surface area contributed by atoms with E-state index in [0.717, 1.165) is 15.6 Å². The molecule has 0 bridgehead atoms. The number of para-hydroxylation sites is 1. The third-order valence-electron chi connectivity index (χ3n) is 5.32. The lowest BCUT2D eigenvalue weighted by Gasteiger charge is -2.17. The van der Waals surface area contributed by atoms with Crippen LogP contribution in [-0.4, -0.2) is 29.0 Å². The number of fused-ring (bicyclic) bond motifs is 1. The lowest BCUT2D eigenvalue weighted by Crippen LogP contribution is -2.29. The quantitative estimate of drug-likeness (QED) is 0.384. The van der Waals surface area contributed by atoms with E-state index in [0.29, 0.717) is 27.0 Å². The van der Waals surface area contributed by atoms with E-state index in [1.54, 1.807) is 65.2 Å². The van der Waals surface area contributed by atoms with Gasteiger partial charge in [0.15, 0.2) is 11.0 Å². The van der Waals surface area contributed by atoms with Crippen LogP contribution in [0.2, 0.25) is 0 Å². The minimum atomic E-state index is -0.174.